The molecule has 1 fully saturated rings. The molecule has 2 aromatic carbocycles. The molecule has 1 nitrogen and oxygen atoms in total. The van der Waals surface area contributed by atoms with Gasteiger partial charge in [-0.05, 0) is 30.4 Å². The zero-order valence-electron chi connectivity index (χ0n) is 12.7. The normalized spacial score (nSPS) is 17.4. The van der Waals surface area contributed by atoms with Crippen molar-refractivity contribution in [2.24, 2.45) is 0 Å². The molecule has 0 N–H and O–H groups in total. The second kappa shape index (κ2) is 6.62. The van der Waals surface area contributed by atoms with Crippen molar-refractivity contribution in [3.8, 4) is 0 Å². The molecule has 0 atom stereocenters. The monoisotopic (exact) mass is 277 g/mol. The largest absolute Gasteiger partial charge is 0.378 e. The van der Waals surface area contributed by atoms with E-state index < -0.39 is 0 Å². The first-order chi connectivity index (χ1) is 10.3. The van der Waals surface area contributed by atoms with Gasteiger partial charge in [0.05, 0.1) is 0 Å². The maximum atomic E-state index is 2.46. The zero-order valence-corrected chi connectivity index (χ0v) is 12.7. The molecule has 0 amide bonds. The number of hydrogen-bond donors (Lipinski definition) is 0. The van der Waals surface area contributed by atoms with Gasteiger partial charge in [-0.25, -0.2) is 0 Å². The predicted molar refractivity (Wildman–Crippen MR) is 89.3 cm³/mol. The topological polar surface area (TPSA) is 3.24 Å². The third-order valence-electron chi connectivity index (χ3n) is 4.34. The highest BCUT2D eigenvalue weighted by molar-refractivity contribution is 5.37. The van der Waals surface area contributed by atoms with E-state index in [4.69, 9.17) is 0 Å². The molecule has 0 unspecified atom stereocenters. The molecule has 0 saturated carbocycles. The van der Waals surface area contributed by atoms with Crippen LogP contribution < -0.4 is 0 Å². The lowest BCUT2D eigenvalue weighted by Gasteiger charge is -2.29. The zero-order chi connectivity index (χ0) is 14.5. The van der Waals surface area contributed by atoms with E-state index in [1.165, 1.54) is 42.6 Å². The molecule has 0 radical (unpaired) electrons. The summed E-state index contributed by atoms with van der Waals surface area (Å²) < 4.78 is 0. The van der Waals surface area contributed by atoms with Gasteiger partial charge in [0, 0.05) is 25.2 Å². The fourth-order valence-electron chi connectivity index (χ4n) is 3.10. The van der Waals surface area contributed by atoms with Gasteiger partial charge < -0.3 is 4.90 Å². The number of rotatable bonds is 3. The molecular formula is C20H23N. The van der Waals surface area contributed by atoms with Crippen LogP contribution in [0.4, 0.5) is 0 Å². The van der Waals surface area contributed by atoms with Gasteiger partial charge in [-0.15, -0.1) is 0 Å². The van der Waals surface area contributed by atoms with E-state index in [9.17, 15) is 0 Å². The fraction of sp³-hybridized carbons (Fsp3) is 0.300. The highest BCUT2D eigenvalue weighted by Crippen LogP contribution is 2.30. The Bertz CT molecular complexity index is 546. The Morgan fingerprint density at radius 3 is 1.95 bits per heavy atom. The summed E-state index contributed by atoms with van der Waals surface area (Å²) >= 11 is 0. The summed E-state index contributed by atoms with van der Waals surface area (Å²) in [6.45, 7) is 1.18. The van der Waals surface area contributed by atoms with Crippen LogP contribution in [0.5, 0.6) is 0 Å². The molecule has 3 rings (SSSR count). The second-order valence-electron chi connectivity index (χ2n) is 5.84. The number of piperidine rings is 1. The van der Waals surface area contributed by atoms with Crippen LogP contribution in [0.3, 0.4) is 0 Å². The summed E-state index contributed by atoms with van der Waals surface area (Å²) in [5, 5.41) is 0. The van der Waals surface area contributed by atoms with Crippen molar-refractivity contribution in [3.63, 3.8) is 0 Å². The van der Waals surface area contributed by atoms with Crippen LogP contribution in [0.15, 0.2) is 72.4 Å². The van der Waals surface area contributed by atoms with Crippen molar-refractivity contribution in [3.05, 3.63) is 83.6 Å². The minimum atomic E-state index is 0.350. The van der Waals surface area contributed by atoms with Gasteiger partial charge in [0.2, 0.25) is 0 Å². The second-order valence-corrected chi connectivity index (χ2v) is 5.84. The lowest BCUT2D eigenvalue weighted by molar-refractivity contribution is 0.343. The standard InChI is InChI=1S/C20H23N/c1-21-15-9-8-14-19(21)16-20(17-10-4-2-5-11-17)18-12-6-3-7-13-18/h2-7,10-13,16,20H,8-9,14-15H2,1H3. The summed E-state index contributed by atoms with van der Waals surface area (Å²) in [6, 6.07) is 21.6. The molecule has 1 aliphatic rings. The Morgan fingerprint density at radius 1 is 0.857 bits per heavy atom. The highest BCUT2D eigenvalue weighted by atomic mass is 15.1. The van der Waals surface area contributed by atoms with Gasteiger partial charge in [-0.2, -0.15) is 0 Å². The smallest absolute Gasteiger partial charge is 0.0289 e. The molecule has 21 heavy (non-hydrogen) atoms. The summed E-state index contributed by atoms with van der Waals surface area (Å²) in [6.07, 6.45) is 6.29. The van der Waals surface area contributed by atoms with Crippen LogP contribution in [-0.4, -0.2) is 18.5 Å². The third-order valence-corrected chi connectivity index (χ3v) is 4.34. The molecule has 1 heterocycles. The quantitative estimate of drug-likeness (QED) is 0.777. The number of hydrogen-bond acceptors (Lipinski definition) is 1. The molecule has 108 valence electrons. The summed E-state index contributed by atoms with van der Waals surface area (Å²) in [7, 11) is 2.22. The van der Waals surface area contributed by atoms with E-state index in [2.05, 4.69) is 78.7 Å². The first kappa shape index (κ1) is 13.9. The van der Waals surface area contributed by atoms with E-state index >= 15 is 0 Å². The van der Waals surface area contributed by atoms with Crippen molar-refractivity contribution in [1.29, 1.82) is 0 Å². The Balaban J connectivity index is 1.99. The molecule has 0 bridgehead atoms. The van der Waals surface area contributed by atoms with Crippen LogP contribution in [0, 0.1) is 0 Å². The first-order valence-corrected chi connectivity index (χ1v) is 7.86. The van der Waals surface area contributed by atoms with Crippen LogP contribution in [0.2, 0.25) is 0 Å². The van der Waals surface area contributed by atoms with Crippen LogP contribution in [0.1, 0.15) is 36.3 Å². The average Bonchev–Trinajstić information content (AvgIpc) is 2.56. The van der Waals surface area contributed by atoms with Crippen LogP contribution in [-0.2, 0) is 0 Å². The first-order valence-electron chi connectivity index (χ1n) is 7.86. The molecular weight excluding hydrogens is 254 g/mol. The van der Waals surface area contributed by atoms with E-state index in [1.807, 2.05) is 0 Å². The minimum Gasteiger partial charge on any atom is -0.378 e. The van der Waals surface area contributed by atoms with Gasteiger partial charge >= 0.3 is 0 Å². The van der Waals surface area contributed by atoms with Gasteiger partial charge in [-0.1, -0.05) is 66.7 Å². The van der Waals surface area contributed by atoms with Crippen LogP contribution in [0.25, 0.3) is 0 Å². The fourth-order valence-corrected chi connectivity index (χ4v) is 3.10. The van der Waals surface area contributed by atoms with E-state index in [-0.39, 0.29) is 0 Å². The molecule has 1 saturated heterocycles. The van der Waals surface area contributed by atoms with Gasteiger partial charge in [-0.3, -0.25) is 0 Å². The maximum absolute atomic E-state index is 2.46. The predicted octanol–water partition coefficient (Wildman–Crippen LogP) is 4.82. The Morgan fingerprint density at radius 2 is 1.43 bits per heavy atom. The number of benzene rings is 2. The SMILES string of the molecule is CN1CCCCC1=CC(c1ccccc1)c1ccccc1. The maximum Gasteiger partial charge on any atom is 0.0289 e. The van der Waals surface area contributed by atoms with Crippen molar-refractivity contribution >= 4 is 0 Å². The van der Waals surface area contributed by atoms with Crippen molar-refractivity contribution in [2.75, 3.05) is 13.6 Å². The molecule has 0 aromatic heterocycles. The Labute approximate surface area is 127 Å². The van der Waals surface area contributed by atoms with Crippen molar-refractivity contribution in [1.82, 2.24) is 4.90 Å². The lowest BCUT2D eigenvalue weighted by Crippen LogP contribution is -2.24. The van der Waals surface area contributed by atoms with Gasteiger partial charge in [0.25, 0.3) is 0 Å². The molecule has 1 aliphatic heterocycles. The summed E-state index contributed by atoms with van der Waals surface area (Å²) in [5.74, 6) is 0.350. The summed E-state index contributed by atoms with van der Waals surface area (Å²) in [4.78, 5) is 2.42. The highest BCUT2D eigenvalue weighted by Gasteiger charge is 2.16. The van der Waals surface area contributed by atoms with E-state index in [0.717, 1.165) is 0 Å². The number of nitrogens with zero attached hydrogens (tertiary/aromatic N) is 1. The van der Waals surface area contributed by atoms with Crippen LogP contribution >= 0.6 is 0 Å². The van der Waals surface area contributed by atoms with E-state index in [1.54, 1.807) is 0 Å². The third kappa shape index (κ3) is 3.36. The molecule has 0 aliphatic carbocycles. The minimum absolute atomic E-state index is 0.350. The van der Waals surface area contributed by atoms with Gasteiger partial charge in [0.1, 0.15) is 0 Å². The van der Waals surface area contributed by atoms with Gasteiger partial charge in [0.15, 0.2) is 0 Å². The summed E-state index contributed by atoms with van der Waals surface area (Å²) in [5.41, 5.74) is 4.23. The molecule has 0 spiro atoms. The lowest BCUT2D eigenvalue weighted by atomic mass is 9.89. The average molecular weight is 277 g/mol. The van der Waals surface area contributed by atoms with Crippen molar-refractivity contribution < 1.29 is 0 Å². The Hall–Kier alpha value is -2.02. The molecule has 2 aromatic rings. The molecule has 1 heteroatoms. The van der Waals surface area contributed by atoms with E-state index in [0.29, 0.717) is 5.92 Å². The number of allylic oxidation sites excluding steroid dienone is 2. The van der Waals surface area contributed by atoms with Crippen molar-refractivity contribution in [2.45, 2.75) is 25.2 Å². The number of likely N-dealkylation sites (tertiary alicyclic amines) is 1. The Kier molecular flexibility index (Phi) is 4.40.